The Morgan fingerprint density at radius 2 is 1.19 bits per heavy atom. The van der Waals surface area contributed by atoms with Crippen molar-refractivity contribution in [2.45, 2.75) is 13.5 Å². The van der Waals surface area contributed by atoms with Gasteiger partial charge in [-0.15, -0.1) is 0 Å². The molecule has 0 unspecified atom stereocenters. The normalized spacial score (nSPS) is 10.8. The second-order valence-corrected chi connectivity index (χ2v) is 10.9. The highest BCUT2D eigenvalue weighted by Gasteiger charge is 2.22. The quantitative estimate of drug-likeness (QED) is 0.268. The van der Waals surface area contributed by atoms with Gasteiger partial charge in [-0.1, -0.05) is 133 Å². The van der Waals surface area contributed by atoms with Crippen LogP contribution < -0.4 is 21.2 Å². The monoisotopic (exact) mass is 485 g/mol. The third kappa shape index (κ3) is 5.30. The van der Waals surface area contributed by atoms with Gasteiger partial charge in [-0.3, -0.25) is 4.79 Å². The van der Waals surface area contributed by atoms with E-state index in [9.17, 15) is 4.79 Å². The summed E-state index contributed by atoms with van der Waals surface area (Å²) < 4.78 is 0. The molecule has 1 N–H and O–H groups in total. The highest BCUT2D eigenvalue weighted by atomic mass is 31.1. The first-order valence-electron chi connectivity index (χ1n) is 12.1. The van der Waals surface area contributed by atoms with Crippen LogP contribution in [0.25, 0.3) is 11.1 Å². The van der Waals surface area contributed by atoms with Crippen molar-refractivity contribution in [3.05, 3.63) is 150 Å². The van der Waals surface area contributed by atoms with Crippen molar-refractivity contribution in [2.75, 3.05) is 0 Å². The van der Waals surface area contributed by atoms with Crippen LogP contribution in [-0.4, -0.2) is 5.91 Å². The first kappa shape index (κ1) is 23.7. The van der Waals surface area contributed by atoms with Crippen LogP contribution in [0.15, 0.2) is 133 Å². The van der Waals surface area contributed by atoms with Gasteiger partial charge in [-0.25, -0.2) is 0 Å². The first-order valence-corrected chi connectivity index (χ1v) is 13.5. The minimum absolute atomic E-state index is 0.0626. The fourth-order valence-electron chi connectivity index (χ4n) is 4.43. The van der Waals surface area contributed by atoms with E-state index in [2.05, 4.69) is 103 Å². The number of hydrogen-bond donors (Lipinski definition) is 1. The van der Waals surface area contributed by atoms with E-state index in [1.165, 1.54) is 15.9 Å². The molecule has 0 atom stereocenters. The summed E-state index contributed by atoms with van der Waals surface area (Å²) >= 11 is 0. The summed E-state index contributed by atoms with van der Waals surface area (Å²) in [4.78, 5) is 13.4. The molecule has 0 radical (unpaired) electrons. The standard InChI is InChI=1S/C33H28NOP/c1-25-21-22-30(33(35)34-24-26-13-5-2-6-14-26)31(23-25)29-19-11-12-20-32(29)36(27-15-7-3-8-16-27)28-17-9-4-10-18-28/h2-23H,24H2,1H3,(H,34,35). The zero-order chi connectivity index (χ0) is 24.7. The molecular weight excluding hydrogens is 457 g/mol. The molecule has 0 fully saturated rings. The molecular formula is C33H28NOP. The molecule has 0 bridgehead atoms. The molecule has 5 rings (SSSR count). The Bertz CT molecular complexity index is 1410. The Morgan fingerprint density at radius 1 is 0.639 bits per heavy atom. The van der Waals surface area contributed by atoms with Crippen LogP contribution in [0.3, 0.4) is 0 Å². The number of carbonyl (C=O) groups is 1. The molecule has 5 aromatic carbocycles. The van der Waals surface area contributed by atoms with Crippen molar-refractivity contribution in [3.8, 4) is 11.1 Å². The lowest BCUT2D eigenvalue weighted by Gasteiger charge is -2.23. The van der Waals surface area contributed by atoms with Crippen LogP contribution in [0.4, 0.5) is 0 Å². The third-order valence-corrected chi connectivity index (χ3v) is 8.68. The molecule has 0 spiro atoms. The summed E-state index contributed by atoms with van der Waals surface area (Å²) in [6.45, 7) is 2.57. The smallest absolute Gasteiger partial charge is 0.252 e. The summed E-state index contributed by atoms with van der Waals surface area (Å²) in [6, 6.07) is 46.0. The number of nitrogens with one attached hydrogen (secondary N) is 1. The Labute approximate surface area is 214 Å². The molecule has 3 heteroatoms. The van der Waals surface area contributed by atoms with E-state index >= 15 is 0 Å². The minimum Gasteiger partial charge on any atom is -0.348 e. The molecule has 5 aromatic rings. The molecule has 0 aliphatic heterocycles. The van der Waals surface area contributed by atoms with Crippen LogP contribution in [0.2, 0.25) is 0 Å². The fraction of sp³-hybridized carbons (Fsp3) is 0.0606. The summed E-state index contributed by atoms with van der Waals surface area (Å²) in [5.74, 6) is -0.0626. The maximum Gasteiger partial charge on any atom is 0.252 e. The van der Waals surface area contributed by atoms with Gasteiger partial charge in [0.15, 0.2) is 0 Å². The predicted octanol–water partition coefficient (Wildman–Crippen LogP) is 6.35. The van der Waals surface area contributed by atoms with Crippen LogP contribution in [0.1, 0.15) is 21.5 Å². The van der Waals surface area contributed by atoms with Gasteiger partial charge in [0.05, 0.1) is 0 Å². The Kier molecular flexibility index (Phi) is 7.36. The van der Waals surface area contributed by atoms with Crippen LogP contribution in [0.5, 0.6) is 0 Å². The van der Waals surface area contributed by atoms with Gasteiger partial charge in [0.2, 0.25) is 0 Å². The average Bonchev–Trinajstić information content (AvgIpc) is 2.94. The summed E-state index contributed by atoms with van der Waals surface area (Å²) in [7, 11) is -0.807. The maximum atomic E-state index is 13.4. The van der Waals surface area contributed by atoms with E-state index in [0.717, 1.165) is 22.3 Å². The second kappa shape index (κ2) is 11.2. The van der Waals surface area contributed by atoms with Crippen molar-refractivity contribution < 1.29 is 4.79 Å². The summed E-state index contributed by atoms with van der Waals surface area (Å²) in [5.41, 5.74) is 4.97. The largest absolute Gasteiger partial charge is 0.348 e. The SMILES string of the molecule is Cc1ccc(C(=O)NCc2ccccc2)c(-c2ccccc2P(c2ccccc2)c2ccccc2)c1. The lowest BCUT2D eigenvalue weighted by molar-refractivity contribution is 0.0951. The number of hydrogen-bond acceptors (Lipinski definition) is 1. The van der Waals surface area contributed by atoms with Crippen LogP contribution in [-0.2, 0) is 6.54 Å². The number of benzene rings is 5. The van der Waals surface area contributed by atoms with E-state index in [1.807, 2.05) is 42.5 Å². The zero-order valence-electron chi connectivity index (χ0n) is 20.3. The van der Waals surface area contributed by atoms with Crippen molar-refractivity contribution in [1.82, 2.24) is 5.32 Å². The van der Waals surface area contributed by atoms with Crippen LogP contribution >= 0.6 is 7.92 Å². The highest BCUT2D eigenvalue weighted by Crippen LogP contribution is 2.38. The molecule has 1 amide bonds. The number of amides is 1. The van der Waals surface area contributed by atoms with E-state index in [0.29, 0.717) is 12.1 Å². The Balaban J connectivity index is 1.60. The first-order chi connectivity index (χ1) is 17.7. The van der Waals surface area contributed by atoms with Gasteiger partial charge in [0.25, 0.3) is 5.91 Å². The van der Waals surface area contributed by atoms with Gasteiger partial charge < -0.3 is 5.32 Å². The lowest BCUT2D eigenvalue weighted by Crippen LogP contribution is -2.25. The highest BCUT2D eigenvalue weighted by molar-refractivity contribution is 7.80. The van der Waals surface area contributed by atoms with E-state index < -0.39 is 7.92 Å². The molecule has 0 aromatic heterocycles. The molecule has 2 nitrogen and oxygen atoms in total. The van der Waals surface area contributed by atoms with Gasteiger partial charge in [-0.05, 0) is 53.5 Å². The number of aryl methyl sites for hydroxylation is 1. The van der Waals surface area contributed by atoms with Crippen LogP contribution in [0, 0.1) is 6.92 Å². The number of rotatable bonds is 7. The van der Waals surface area contributed by atoms with Gasteiger partial charge in [-0.2, -0.15) is 0 Å². The number of carbonyl (C=O) groups excluding carboxylic acids is 1. The molecule has 176 valence electrons. The van der Waals surface area contributed by atoms with Crippen molar-refractivity contribution >= 4 is 29.7 Å². The Hall–Kier alpha value is -4.00. The van der Waals surface area contributed by atoms with Gasteiger partial charge in [0, 0.05) is 12.1 Å². The molecule has 0 aliphatic rings. The van der Waals surface area contributed by atoms with Crippen molar-refractivity contribution in [2.24, 2.45) is 0 Å². The van der Waals surface area contributed by atoms with Gasteiger partial charge >= 0.3 is 0 Å². The lowest BCUT2D eigenvalue weighted by atomic mass is 9.97. The van der Waals surface area contributed by atoms with Gasteiger partial charge in [0.1, 0.15) is 0 Å². The second-order valence-electron chi connectivity index (χ2n) is 8.74. The average molecular weight is 486 g/mol. The maximum absolute atomic E-state index is 13.4. The Morgan fingerprint density at radius 3 is 1.83 bits per heavy atom. The molecule has 0 saturated heterocycles. The third-order valence-electron chi connectivity index (χ3n) is 6.18. The molecule has 36 heavy (non-hydrogen) atoms. The van der Waals surface area contributed by atoms with E-state index in [-0.39, 0.29) is 5.91 Å². The molecule has 0 saturated carbocycles. The molecule has 0 heterocycles. The minimum atomic E-state index is -0.807. The summed E-state index contributed by atoms with van der Waals surface area (Å²) in [5, 5.41) is 6.94. The molecule has 0 aliphatic carbocycles. The predicted molar refractivity (Wildman–Crippen MR) is 153 cm³/mol. The van der Waals surface area contributed by atoms with Crippen molar-refractivity contribution in [3.63, 3.8) is 0 Å². The topological polar surface area (TPSA) is 29.1 Å². The fourth-order valence-corrected chi connectivity index (χ4v) is 6.90. The van der Waals surface area contributed by atoms with Crippen molar-refractivity contribution in [1.29, 1.82) is 0 Å². The van der Waals surface area contributed by atoms with E-state index in [1.54, 1.807) is 0 Å². The summed E-state index contributed by atoms with van der Waals surface area (Å²) in [6.07, 6.45) is 0. The zero-order valence-corrected chi connectivity index (χ0v) is 21.2. The van der Waals surface area contributed by atoms with E-state index in [4.69, 9.17) is 0 Å².